The Morgan fingerprint density at radius 3 is 3.00 bits per heavy atom. The molecule has 82 valence electrons. The number of nitrogens with one attached hydrogen (secondary N) is 1. The molecule has 0 spiro atoms. The van der Waals surface area contributed by atoms with Crippen molar-refractivity contribution in [1.29, 1.82) is 0 Å². The Kier molecular flexibility index (Phi) is 2.14. The first-order valence-electron chi connectivity index (χ1n) is 5.36. The molecule has 2 aromatic heterocycles. The molecule has 4 nitrogen and oxygen atoms in total. The molecule has 0 radical (unpaired) electrons. The van der Waals surface area contributed by atoms with Gasteiger partial charge in [0.2, 0.25) is 0 Å². The van der Waals surface area contributed by atoms with E-state index >= 15 is 0 Å². The van der Waals surface area contributed by atoms with Crippen LogP contribution in [-0.4, -0.2) is 19.7 Å². The van der Waals surface area contributed by atoms with Gasteiger partial charge in [-0.3, -0.25) is 14.6 Å². The van der Waals surface area contributed by atoms with Gasteiger partial charge in [-0.2, -0.15) is 5.10 Å². The van der Waals surface area contributed by atoms with Crippen LogP contribution >= 0.6 is 12.2 Å². The summed E-state index contributed by atoms with van der Waals surface area (Å²) in [6.07, 6.45) is 4.18. The fraction of sp³-hybridized carbons (Fsp3) is 0.364. The van der Waals surface area contributed by atoms with Crippen molar-refractivity contribution in [2.45, 2.75) is 25.8 Å². The topological polar surface area (TPSA) is 46.5 Å². The van der Waals surface area contributed by atoms with Gasteiger partial charge in [-0.05, 0) is 44.1 Å². The number of rotatable bonds is 2. The molecule has 0 saturated heterocycles. The zero-order valence-corrected chi connectivity index (χ0v) is 9.79. The van der Waals surface area contributed by atoms with Crippen molar-refractivity contribution in [1.82, 2.24) is 19.7 Å². The Hall–Kier alpha value is -1.49. The molecule has 0 aromatic carbocycles. The molecule has 1 aliphatic rings. The molecule has 1 aliphatic carbocycles. The van der Waals surface area contributed by atoms with Crippen LogP contribution < -0.4 is 0 Å². The lowest BCUT2D eigenvalue weighted by Crippen LogP contribution is -1.99. The highest BCUT2D eigenvalue weighted by Gasteiger charge is 2.28. The molecule has 0 atom stereocenters. The first-order chi connectivity index (χ1) is 7.77. The molecule has 0 amide bonds. The molecule has 2 heterocycles. The van der Waals surface area contributed by atoms with Crippen LogP contribution in [0.2, 0.25) is 0 Å². The van der Waals surface area contributed by atoms with Crippen molar-refractivity contribution >= 4 is 12.2 Å². The fourth-order valence-electron chi connectivity index (χ4n) is 1.89. The quantitative estimate of drug-likeness (QED) is 0.810. The average molecular weight is 232 g/mol. The minimum atomic E-state index is 0.529. The monoisotopic (exact) mass is 232 g/mol. The summed E-state index contributed by atoms with van der Waals surface area (Å²) in [6.45, 7) is 1.99. The molecule has 3 rings (SSSR count). The fourth-order valence-corrected chi connectivity index (χ4v) is 2.17. The highest BCUT2D eigenvalue weighted by Crippen LogP contribution is 2.38. The van der Waals surface area contributed by atoms with Gasteiger partial charge in [-0.25, -0.2) is 0 Å². The predicted octanol–water partition coefficient (Wildman–Crippen LogP) is 2.65. The number of aromatic amines is 1. The summed E-state index contributed by atoms with van der Waals surface area (Å²) in [5, 5.41) is 7.19. The highest BCUT2D eigenvalue weighted by molar-refractivity contribution is 7.71. The van der Waals surface area contributed by atoms with Crippen LogP contribution in [-0.2, 0) is 0 Å². The van der Waals surface area contributed by atoms with Gasteiger partial charge in [0, 0.05) is 23.5 Å². The van der Waals surface area contributed by atoms with Crippen molar-refractivity contribution in [3.05, 3.63) is 28.8 Å². The second-order valence-electron chi connectivity index (χ2n) is 4.09. The number of pyridine rings is 1. The van der Waals surface area contributed by atoms with Crippen molar-refractivity contribution in [3.63, 3.8) is 0 Å². The van der Waals surface area contributed by atoms with E-state index in [-0.39, 0.29) is 0 Å². The van der Waals surface area contributed by atoms with Crippen LogP contribution in [0.25, 0.3) is 11.4 Å². The first-order valence-corrected chi connectivity index (χ1v) is 5.77. The van der Waals surface area contributed by atoms with Gasteiger partial charge in [-0.15, -0.1) is 0 Å². The maximum Gasteiger partial charge on any atom is 0.195 e. The zero-order chi connectivity index (χ0) is 11.1. The van der Waals surface area contributed by atoms with E-state index in [2.05, 4.69) is 19.7 Å². The van der Waals surface area contributed by atoms with Crippen molar-refractivity contribution < 1.29 is 0 Å². The van der Waals surface area contributed by atoms with E-state index in [9.17, 15) is 0 Å². The van der Waals surface area contributed by atoms with E-state index in [4.69, 9.17) is 12.2 Å². The largest absolute Gasteiger partial charge is 0.297 e. The highest BCUT2D eigenvalue weighted by atomic mass is 32.1. The maximum atomic E-state index is 5.26. The summed E-state index contributed by atoms with van der Waals surface area (Å²) in [5.41, 5.74) is 2.04. The van der Waals surface area contributed by atoms with Gasteiger partial charge < -0.3 is 0 Å². The lowest BCUT2D eigenvalue weighted by atomic mass is 10.2. The number of aryl methyl sites for hydroxylation is 1. The summed E-state index contributed by atoms with van der Waals surface area (Å²) in [4.78, 5) is 4.28. The molecular weight excluding hydrogens is 220 g/mol. The smallest absolute Gasteiger partial charge is 0.195 e. The summed E-state index contributed by atoms with van der Waals surface area (Å²) < 4.78 is 2.82. The van der Waals surface area contributed by atoms with E-state index in [1.165, 1.54) is 12.8 Å². The number of H-pyrrole nitrogens is 1. The van der Waals surface area contributed by atoms with Crippen LogP contribution in [0.5, 0.6) is 0 Å². The third kappa shape index (κ3) is 1.48. The van der Waals surface area contributed by atoms with E-state index in [0.29, 0.717) is 10.8 Å². The molecule has 1 saturated carbocycles. The SMILES string of the molecule is Cc1ncccc1-c1n[nH]c(=S)n1C1CC1. The van der Waals surface area contributed by atoms with Gasteiger partial charge in [0.25, 0.3) is 0 Å². The Bertz CT molecular complexity index is 580. The third-order valence-electron chi connectivity index (χ3n) is 2.86. The summed E-state index contributed by atoms with van der Waals surface area (Å²) >= 11 is 5.26. The Morgan fingerprint density at radius 1 is 1.50 bits per heavy atom. The van der Waals surface area contributed by atoms with Crippen molar-refractivity contribution in [3.8, 4) is 11.4 Å². The Balaban J connectivity index is 2.20. The van der Waals surface area contributed by atoms with Gasteiger partial charge in [-0.1, -0.05) is 0 Å². The van der Waals surface area contributed by atoms with Crippen LogP contribution in [0, 0.1) is 11.7 Å². The van der Waals surface area contributed by atoms with Crippen LogP contribution in [0.4, 0.5) is 0 Å². The molecule has 0 unspecified atom stereocenters. The summed E-state index contributed by atoms with van der Waals surface area (Å²) in [5.74, 6) is 0.915. The standard InChI is InChI=1S/C11H12N4S/c1-7-9(3-2-6-12-7)10-13-14-11(16)15(10)8-4-5-8/h2-3,6,8H,4-5H2,1H3,(H,14,16). The van der Waals surface area contributed by atoms with E-state index < -0.39 is 0 Å². The summed E-state index contributed by atoms with van der Waals surface area (Å²) in [6, 6.07) is 4.49. The molecule has 5 heteroatoms. The number of aromatic nitrogens is 4. The van der Waals surface area contributed by atoms with E-state index in [1.54, 1.807) is 6.20 Å². The molecule has 2 aromatic rings. The molecule has 0 bridgehead atoms. The molecule has 1 N–H and O–H groups in total. The van der Waals surface area contributed by atoms with E-state index in [0.717, 1.165) is 17.1 Å². The van der Waals surface area contributed by atoms with E-state index in [1.807, 2.05) is 19.1 Å². The van der Waals surface area contributed by atoms with Crippen LogP contribution in [0.1, 0.15) is 24.6 Å². The molecular formula is C11H12N4S. The van der Waals surface area contributed by atoms with Gasteiger partial charge in [0.1, 0.15) is 0 Å². The minimum Gasteiger partial charge on any atom is -0.297 e. The molecule has 0 aliphatic heterocycles. The zero-order valence-electron chi connectivity index (χ0n) is 8.97. The second kappa shape index (κ2) is 3.52. The number of hydrogen-bond acceptors (Lipinski definition) is 3. The first kappa shape index (κ1) is 9.72. The van der Waals surface area contributed by atoms with Crippen molar-refractivity contribution in [2.75, 3.05) is 0 Å². The number of nitrogens with zero attached hydrogens (tertiary/aromatic N) is 3. The van der Waals surface area contributed by atoms with Gasteiger partial charge in [0.15, 0.2) is 10.6 Å². The third-order valence-corrected chi connectivity index (χ3v) is 3.15. The lowest BCUT2D eigenvalue weighted by Gasteiger charge is -2.06. The van der Waals surface area contributed by atoms with Crippen LogP contribution in [0.15, 0.2) is 18.3 Å². The molecule has 16 heavy (non-hydrogen) atoms. The minimum absolute atomic E-state index is 0.529. The lowest BCUT2D eigenvalue weighted by molar-refractivity contribution is 0.734. The maximum absolute atomic E-state index is 5.26. The average Bonchev–Trinajstić information content (AvgIpc) is 3.04. The predicted molar refractivity (Wildman–Crippen MR) is 63.7 cm³/mol. The Morgan fingerprint density at radius 2 is 2.31 bits per heavy atom. The normalized spacial score (nSPS) is 15.3. The molecule has 1 fully saturated rings. The van der Waals surface area contributed by atoms with Crippen molar-refractivity contribution in [2.24, 2.45) is 0 Å². The van der Waals surface area contributed by atoms with Gasteiger partial charge in [0.05, 0.1) is 0 Å². The van der Waals surface area contributed by atoms with Crippen LogP contribution in [0.3, 0.4) is 0 Å². The number of hydrogen-bond donors (Lipinski definition) is 1. The second-order valence-corrected chi connectivity index (χ2v) is 4.48. The summed E-state index contributed by atoms with van der Waals surface area (Å²) in [7, 11) is 0. The van der Waals surface area contributed by atoms with Gasteiger partial charge >= 0.3 is 0 Å². The Labute approximate surface area is 98.3 Å².